The summed E-state index contributed by atoms with van der Waals surface area (Å²) in [6.07, 6.45) is 0.505. The summed E-state index contributed by atoms with van der Waals surface area (Å²) < 4.78 is 7.23. The predicted octanol–water partition coefficient (Wildman–Crippen LogP) is 4.38. The molecule has 7 heteroatoms. The van der Waals surface area contributed by atoms with Crippen molar-refractivity contribution in [3.63, 3.8) is 0 Å². The number of carbonyl (C=O) groups excluding carboxylic acids is 1. The molecule has 2 aromatic heterocycles. The van der Waals surface area contributed by atoms with E-state index < -0.39 is 0 Å². The minimum absolute atomic E-state index is 0.0198. The Bertz CT molecular complexity index is 854. The molecular weight excluding hydrogens is 348 g/mol. The summed E-state index contributed by atoms with van der Waals surface area (Å²) in [5.41, 5.74) is 1.62. The standard InChI is InChI=1S/C19H22N4O2S/c1-4-25-19-21-18(16-6-5-11-26-16)23(22-19)15-9-7-14(8-10-15)20-17(24)12-13(2)3/h5-11,13H,4,12H2,1-3H3,(H,20,24). The highest BCUT2D eigenvalue weighted by atomic mass is 32.1. The summed E-state index contributed by atoms with van der Waals surface area (Å²) in [5.74, 6) is 1.08. The first kappa shape index (κ1) is 18.1. The molecule has 0 radical (unpaired) electrons. The molecule has 1 N–H and O–H groups in total. The zero-order valence-corrected chi connectivity index (χ0v) is 15.9. The van der Waals surface area contributed by atoms with Crippen molar-refractivity contribution in [3.05, 3.63) is 41.8 Å². The lowest BCUT2D eigenvalue weighted by molar-refractivity contribution is -0.116. The maximum absolute atomic E-state index is 11.9. The van der Waals surface area contributed by atoms with Crippen LogP contribution < -0.4 is 10.1 Å². The molecular formula is C19H22N4O2S. The van der Waals surface area contributed by atoms with Crippen molar-refractivity contribution in [2.75, 3.05) is 11.9 Å². The van der Waals surface area contributed by atoms with E-state index in [1.54, 1.807) is 16.0 Å². The van der Waals surface area contributed by atoms with Gasteiger partial charge in [0.1, 0.15) is 0 Å². The molecule has 0 saturated carbocycles. The molecule has 0 fully saturated rings. The smallest absolute Gasteiger partial charge is 0.336 e. The first-order valence-electron chi connectivity index (χ1n) is 8.61. The molecule has 1 aromatic carbocycles. The summed E-state index contributed by atoms with van der Waals surface area (Å²) in [6.45, 7) is 6.46. The number of rotatable bonds is 7. The maximum atomic E-state index is 11.9. The number of nitrogens with zero attached hydrogens (tertiary/aromatic N) is 3. The monoisotopic (exact) mass is 370 g/mol. The van der Waals surface area contributed by atoms with Crippen LogP contribution in [0.3, 0.4) is 0 Å². The molecule has 1 amide bonds. The van der Waals surface area contributed by atoms with Gasteiger partial charge in [-0.15, -0.1) is 16.4 Å². The van der Waals surface area contributed by atoms with Crippen molar-refractivity contribution in [3.8, 4) is 22.4 Å². The number of hydrogen-bond acceptors (Lipinski definition) is 5. The van der Waals surface area contributed by atoms with E-state index in [-0.39, 0.29) is 5.91 Å². The van der Waals surface area contributed by atoms with Gasteiger partial charge < -0.3 is 10.1 Å². The molecule has 0 saturated heterocycles. The Balaban J connectivity index is 1.85. The molecule has 0 unspecified atom stereocenters. The highest BCUT2D eigenvalue weighted by Gasteiger charge is 2.15. The van der Waals surface area contributed by atoms with Crippen molar-refractivity contribution in [1.29, 1.82) is 0 Å². The van der Waals surface area contributed by atoms with Gasteiger partial charge in [0.2, 0.25) is 5.91 Å². The van der Waals surface area contributed by atoms with E-state index >= 15 is 0 Å². The highest BCUT2D eigenvalue weighted by Crippen LogP contribution is 2.27. The highest BCUT2D eigenvalue weighted by molar-refractivity contribution is 7.13. The first-order chi connectivity index (χ1) is 12.6. The van der Waals surface area contributed by atoms with Crippen LogP contribution in [0.15, 0.2) is 41.8 Å². The lowest BCUT2D eigenvalue weighted by Gasteiger charge is -2.09. The van der Waals surface area contributed by atoms with Crippen LogP contribution in [0.1, 0.15) is 27.2 Å². The Morgan fingerprint density at radius 1 is 1.27 bits per heavy atom. The lowest BCUT2D eigenvalue weighted by atomic mass is 10.1. The van der Waals surface area contributed by atoms with Gasteiger partial charge in [-0.05, 0) is 48.6 Å². The van der Waals surface area contributed by atoms with E-state index in [2.05, 4.69) is 15.4 Å². The summed E-state index contributed by atoms with van der Waals surface area (Å²) in [6, 6.07) is 11.9. The first-order valence-corrected chi connectivity index (χ1v) is 9.48. The van der Waals surface area contributed by atoms with Crippen LogP contribution in [-0.4, -0.2) is 27.3 Å². The second kappa shape index (κ2) is 8.14. The topological polar surface area (TPSA) is 69.0 Å². The van der Waals surface area contributed by atoms with Crippen LogP contribution in [0, 0.1) is 5.92 Å². The van der Waals surface area contributed by atoms with Gasteiger partial charge in [0.15, 0.2) is 5.82 Å². The molecule has 0 aliphatic rings. The molecule has 6 nitrogen and oxygen atoms in total. The fourth-order valence-corrected chi connectivity index (χ4v) is 3.20. The molecule has 26 heavy (non-hydrogen) atoms. The number of nitrogens with one attached hydrogen (secondary N) is 1. The van der Waals surface area contributed by atoms with Gasteiger partial charge in [-0.2, -0.15) is 4.98 Å². The van der Waals surface area contributed by atoms with E-state index in [9.17, 15) is 4.79 Å². The number of aromatic nitrogens is 3. The summed E-state index contributed by atoms with van der Waals surface area (Å²) in [4.78, 5) is 17.4. The molecule has 0 spiro atoms. The predicted molar refractivity (Wildman–Crippen MR) is 104 cm³/mol. The zero-order valence-electron chi connectivity index (χ0n) is 15.1. The number of amides is 1. The molecule has 0 bridgehead atoms. The fraction of sp³-hybridized carbons (Fsp3) is 0.316. The van der Waals surface area contributed by atoms with E-state index in [0.29, 0.717) is 25.0 Å². The molecule has 0 aliphatic carbocycles. The SMILES string of the molecule is CCOc1nc(-c2cccs2)n(-c2ccc(NC(=O)CC(C)C)cc2)n1. The third-order valence-corrected chi connectivity index (χ3v) is 4.46. The lowest BCUT2D eigenvalue weighted by Crippen LogP contribution is -2.13. The van der Waals surface area contributed by atoms with Gasteiger partial charge >= 0.3 is 6.01 Å². The van der Waals surface area contributed by atoms with Gasteiger partial charge in [0.25, 0.3) is 0 Å². The normalized spacial score (nSPS) is 10.9. The molecule has 2 heterocycles. The van der Waals surface area contributed by atoms with Crippen LogP contribution in [0.5, 0.6) is 6.01 Å². The van der Waals surface area contributed by atoms with Crippen LogP contribution in [-0.2, 0) is 4.79 Å². The Hall–Kier alpha value is -2.67. The van der Waals surface area contributed by atoms with Crippen LogP contribution in [0.4, 0.5) is 5.69 Å². The molecule has 136 valence electrons. The zero-order chi connectivity index (χ0) is 18.5. The van der Waals surface area contributed by atoms with Crippen LogP contribution in [0.25, 0.3) is 16.4 Å². The van der Waals surface area contributed by atoms with Gasteiger partial charge in [-0.25, -0.2) is 4.68 Å². The van der Waals surface area contributed by atoms with Crippen molar-refractivity contribution in [2.45, 2.75) is 27.2 Å². The molecule has 3 aromatic rings. The molecule has 0 aliphatic heterocycles. The fourth-order valence-electron chi connectivity index (χ4n) is 2.50. The average Bonchev–Trinajstić information content (AvgIpc) is 3.24. The summed E-state index contributed by atoms with van der Waals surface area (Å²) in [5, 5.41) is 9.37. The third kappa shape index (κ3) is 4.29. The Morgan fingerprint density at radius 3 is 2.65 bits per heavy atom. The Morgan fingerprint density at radius 2 is 2.04 bits per heavy atom. The number of ether oxygens (including phenoxy) is 1. The van der Waals surface area contributed by atoms with Gasteiger partial charge in [-0.1, -0.05) is 19.9 Å². The van der Waals surface area contributed by atoms with Crippen molar-refractivity contribution < 1.29 is 9.53 Å². The Labute approximate surface area is 156 Å². The van der Waals surface area contributed by atoms with E-state index in [0.717, 1.165) is 22.1 Å². The summed E-state index contributed by atoms with van der Waals surface area (Å²) >= 11 is 1.60. The second-order valence-corrected chi connectivity index (χ2v) is 7.18. The number of thiophene rings is 1. The van der Waals surface area contributed by atoms with Crippen LogP contribution >= 0.6 is 11.3 Å². The van der Waals surface area contributed by atoms with Gasteiger partial charge in [0, 0.05) is 12.1 Å². The number of anilines is 1. The minimum atomic E-state index is 0.0198. The van der Waals surface area contributed by atoms with E-state index in [1.807, 2.05) is 62.5 Å². The largest absolute Gasteiger partial charge is 0.463 e. The minimum Gasteiger partial charge on any atom is -0.463 e. The van der Waals surface area contributed by atoms with Crippen LogP contribution in [0.2, 0.25) is 0 Å². The Kier molecular flexibility index (Phi) is 5.68. The average molecular weight is 370 g/mol. The molecule has 0 atom stereocenters. The van der Waals surface area contributed by atoms with Crippen molar-refractivity contribution in [2.24, 2.45) is 5.92 Å². The number of carbonyl (C=O) groups is 1. The maximum Gasteiger partial charge on any atom is 0.336 e. The molecule has 3 rings (SSSR count). The van der Waals surface area contributed by atoms with E-state index in [1.165, 1.54) is 0 Å². The number of benzene rings is 1. The number of hydrogen-bond donors (Lipinski definition) is 1. The second-order valence-electron chi connectivity index (χ2n) is 6.23. The quantitative estimate of drug-likeness (QED) is 0.670. The van der Waals surface area contributed by atoms with Gasteiger partial charge in [-0.3, -0.25) is 4.79 Å². The van der Waals surface area contributed by atoms with E-state index in [4.69, 9.17) is 4.74 Å². The van der Waals surface area contributed by atoms with Crippen molar-refractivity contribution >= 4 is 22.9 Å². The van der Waals surface area contributed by atoms with Gasteiger partial charge in [0.05, 0.1) is 17.2 Å². The van der Waals surface area contributed by atoms with Crippen molar-refractivity contribution in [1.82, 2.24) is 14.8 Å². The summed E-state index contributed by atoms with van der Waals surface area (Å²) in [7, 11) is 0. The third-order valence-electron chi connectivity index (χ3n) is 3.59.